The highest BCUT2D eigenvalue weighted by Crippen LogP contribution is 2.28. The van der Waals surface area contributed by atoms with Gasteiger partial charge in [-0.2, -0.15) is 9.61 Å². The summed E-state index contributed by atoms with van der Waals surface area (Å²) in [5.74, 6) is 0.737. The minimum Gasteiger partial charge on any atom is -0.267 e. The molecule has 0 spiro atoms. The average Bonchev–Trinajstić information content (AvgIpc) is 2.88. The molecule has 0 N–H and O–H groups in total. The maximum Gasteiger partial charge on any atom is 0.275 e. The maximum absolute atomic E-state index is 11.9. The molecule has 0 saturated carbocycles. The van der Waals surface area contributed by atoms with E-state index in [0.29, 0.717) is 4.96 Å². The highest BCUT2D eigenvalue weighted by atomic mass is 32.2. The van der Waals surface area contributed by atoms with Crippen LogP contribution in [0.5, 0.6) is 0 Å². The molecule has 2 aromatic heterocycles. The lowest BCUT2D eigenvalue weighted by Crippen LogP contribution is -2.14. The highest BCUT2D eigenvalue weighted by Gasteiger charge is 2.13. The third-order valence-electron chi connectivity index (χ3n) is 3.50. The first-order valence-corrected chi connectivity index (χ1v) is 9.23. The van der Waals surface area contributed by atoms with E-state index >= 15 is 0 Å². The molecule has 0 saturated heterocycles. The molecule has 6 heteroatoms. The first kappa shape index (κ1) is 16.2. The second-order valence-electron chi connectivity index (χ2n) is 6.49. The van der Waals surface area contributed by atoms with Gasteiger partial charge < -0.3 is 0 Å². The van der Waals surface area contributed by atoms with Gasteiger partial charge >= 0.3 is 0 Å². The van der Waals surface area contributed by atoms with Gasteiger partial charge in [0, 0.05) is 16.7 Å². The minimum atomic E-state index is -0.116. The number of aryl methyl sites for hydroxylation is 1. The van der Waals surface area contributed by atoms with E-state index in [0.717, 1.165) is 16.5 Å². The van der Waals surface area contributed by atoms with Gasteiger partial charge in [0.2, 0.25) is 4.96 Å². The zero-order valence-corrected chi connectivity index (χ0v) is 15.3. The van der Waals surface area contributed by atoms with Crippen LogP contribution in [0, 0.1) is 6.92 Å². The maximum atomic E-state index is 11.9. The Morgan fingerprint density at radius 3 is 2.57 bits per heavy atom. The van der Waals surface area contributed by atoms with Crippen molar-refractivity contribution in [3.8, 4) is 0 Å². The van der Waals surface area contributed by atoms with E-state index < -0.39 is 0 Å². The molecule has 0 unspecified atom stereocenters. The van der Waals surface area contributed by atoms with Gasteiger partial charge in [-0.05, 0) is 30.0 Å². The van der Waals surface area contributed by atoms with Crippen molar-refractivity contribution in [1.29, 1.82) is 0 Å². The third kappa shape index (κ3) is 3.64. The predicted octanol–water partition coefficient (Wildman–Crippen LogP) is 4.05. The van der Waals surface area contributed by atoms with Crippen molar-refractivity contribution < 1.29 is 0 Å². The first-order chi connectivity index (χ1) is 10.8. The lowest BCUT2D eigenvalue weighted by atomic mass is 9.87. The standard InChI is InChI=1S/C17H19N3OS2/c1-11-9-15(21)20-16(18-11)23-14(19-20)10-22-13-7-5-12(6-8-13)17(2,3)4/h5-9H,10H2,1-4H3. The van der Waals surface area contributed by atoms with Gasteiger partial charge in [0.15, 0.2) is 0 Å². The van der Waals surface area contributed by atoms with Crippen LogP contribution < -0.4 is 5.56 Å². The summed E-state index contributed by atoms with van der Waals surface area (Å²) in [5.41, 5.74) is 2.11. The second kappa shape index (κ2) is 6.09. The number of hydrogen-bond acceptors (Lipinski definition) is 5. The summed E-state index contributed by atoms with van der Waals surface area (Å²) in [6.07, 6.45) is 0. The molecule has 4 nitrogen and oxygen atoms in total. The molecule has 0 aliphatic carbocycles. The van der Waals surface area contributed by atoms with Crippen LogP contribution in [-0.4, -0.2) is 14.6 Å². The van der Waals surface area contributed by atoms with E-state index in [-0.39, 0.29) is 11.0 Å². The first-order valence-electron chi connectivity index (χ1n) is 7.43. The van der Waals surface area contributed by atoms with Gasteiger partial charge in [-0.15, -0.1) is 11.8 Å². The van der Waals surface area contributed by atoms with Crippen molar-refractivity contribution in [2.45, 2.75) is 43.8 Å². The topological polar surface area (TPSA) is 47.3 Å². The molecule has 0 fully saturated rings. The van der Waals surface area contributed by atoms with Crippen LogP contribution >= 0.6 is 23.1 Å². The number of fused-ring (bicyclic) bond motifs is 1. The monoisotopic (exact) mass is 345 g/mol. The summed E-state index contributed by atoms with van der Waals surface area (Å²) < 4.78 is 1.39. The Hall–Kier alpha value is -1.66. The van der Waals surface area contributed by atoms with Gasteiger partial charge in [-0.3, -0.25) is 4.79 Å². The van der Waals surface area contributed by atoms with E-state index in [1.165, 1.54) is 32.4 Å². The van der Waals surface area contributed by atoms with Crippen LogP contribution in [-0.2, 0) is 11.2 Å². The Morgan fingerprint density at radius 2 is 1.91 bits per heavy atom. The van der Waals surface area contributed by atoms with Gasteiger partial charge in [-0.25, -0.2) is 4.98 Å². The molecule has 0 radical (unpaired) electrons. The fraction of sp³-hybridized carbons (Fsp3) is 0.353. The number of aromatic nitrogens is 3. The zero-order chi connectivity index (χ0) is 16.6. The van der Waals surface area contributed by atoms with Gasteiger partial charge in [0.25, 0.3) is 5.56 Å². The van der Waals surface area contributed by atoms with E-state index in [1.807, 2.05) is 6.92 Å². The Morgan fingerprint density at radius 1 is 1.22 bits per heavy atom. The van der Waals surface area contributed by atoms with Crippen LogP contribution in [0.15, 0.2) is 40.0 Å². The van der Waals surface area contributed by atoms with Gasteiger partial charge in [-0.1, -0.05) is 44.2 Å². The lowest BCUT2D eigenvalue weighted by molar-refractivity contribution is 0.590. The summed E-state index contributed by atoms with van der Waals surface area (Å²) in [4.78, 5) is 18.1. The number of rotatable bonds is 3. The largest absolute Gasteiger partial charge is 0.275 e. The SMILES string of the molecule is Cc1cc(=O)n2nc(CSc3ccc(C(C)(C)C)cc3)sc2n1. The van der Waals surface area contributed by atoms with Crippen LogP contribution in [0.2, 0.25) is 0 Å². The molecular weight excluding hydrogens is 326 g/mol. The Bertz CT molecular complexity index is 889. The van der Waals surface area contributed by atoms with Crippen molar-refractivity contribution in [1.82, 2.24) is 14.6 Å². The molecule has 0 aliphatic rings. The molecular formula is C17H19N3OS2. The number of benzene rings is 1. The number of hydrogen-bond donors (Lipinski definition) is 0. The molecule has 3 aromatic rings. The molecule has 2 heterocycles. The number of thioether (sulfide) groups is 1. The molecule has 3 rings (SSSR count). The number of nitrogens with zero attached hydrogens (tertiary/aromatic N) is 3. The highest BCUT2D eigenvalue weighted by molar-refractivity contribution is 7.98. The molecule has 1 aromatic carbocycles. The van der Waals surface area contributed by atoms with Crippen LogP contribution in [0.3, 0.4) is 0 Å². The summed E-state index contributed by atoms with van der Waals surface area (Å²) in [6.45, 7) is 8.46. The third-order valence-corrected chi connectivity index (χ3v) is 5.61. The summed E-state index contributed by atoms with van der Waals surface area (Å²) >= 11 is 3.20. The van der Waals surface area contributed by atoms with Crippen molar-refractivity contribution in [3.63, 3.8) is 0 Å². The zero-order valence-electron chi connectivity index (χ0n) is 13.7. The molecule has 120 valence electrons. The summed E-state index contributed by atoms with van der Waals surface area (Å²) in [5, 5.41) is 5.27. The molecule has 0 amide bonds. The fourth-order valence-corrected chi connectivity index (χ4v) is 4.04. The molecule has 0 atom stereocenters. The Kier molecular flexibility index (Phi) is 4.29. The van der Waals surface area contributed by atoms with Gasteiger partial charge in [0.1, 0.15) is 5.01 Å². The quantitative estimate of drug-likeness (QED) is 0.672. The Balaban J connectivity index is 1.76. The van der Waals surface area contributed by atoms with Crippen molar-refractivity contribution in [2.75, 3.05) is 0 Å². The van der Waals surface area contributed by atoms with Crippen molar-refractivity contribution in [2.24, 2.45) is 0 Å². The minimum absolute atomic E-state index is 0.116. The van der Waals surface area contributed by atoms with E-state index in [1.54, 1.807) is 11.8 Å². The van der Waals surface area contributed by atoms with Crippen LogP contribution in [0.4, 0.5) is 0 Å². The van der Waals surface area contributed by atoms with Crippen molar-refractivity contribution >= 4 is 28.1 Å². The van der Waals surface area contributed by atoms with E-state index in [2.05, 4.69) is 55.1 Å². The fourth-order valence-electron chi connectivity index (χ4n) is 2.21. The Labute approximate surface area is 143 Å². The normalized spacial score (nSPS) is 12.0. The van der Waals surface area contributed by atoms with Crippen molar-refractivity contribution in [3.05, 3.63) is 57.0 Å². The molecule has 0 aliphatic heterocycles. The average molecular weight is 345 g/mol. The summed E-state index contributed by atoms with van der Waals surface area (Å²) in [7, 11) is 0. The smallest absolute Gasteiger partial charge is 0.267 e. The molecule has 0 bridgehead atoms. The van der Waals surface area contributed by atoms with E-state index in [9.17, 15) is 4.79 Å². The van der Waals surface area contributed by atoms with Gasteiger partial charge in [0.05, 0.1) is 5.75 Å². The van der Waals surface area contributed by atoms with Crippen LogP contribution in [0.25, 0.3) is 4.96 Å². The predicted molar refractivity (Wildman–Crippen MR) is 96.6 cm³/mol. The lowest BCUT2D eigenvalue weighted by Gasteiger charge is -2.18. The molecule has 23 heavy (non-hydrogen) atoms. The summed E-state index contributed by atoms with van der Waals surface area (Å²) in [6, 6.07) is 10.2. The second-order valence-corrected chi connectivity index (χ2v) is 8.58. The van der Waals surface area contributed by atoms with Crippen LogP contribution in [0.1, 0.15) is 37.0 Å². The van der Waals surface area contributed by atoms with E-state index in [4.69, 9.17) is 0 Å².